The molecule has 0 unspecified atom stereocenters. The minimum absolute atomic E-state index is 0.0647. The molecule has 1 aliphatic rings. The molecule has 38 heavy (non-hydrogen) atoms. The van der Waals surface area contributed by atoms with Crippen molar-refractivity contribution in [1.29, 1.82) is 0 Å². The van der Waals surface area contributed by atoms with Gasteiger partial charge in [-0.05, 0) is 48.0 Å². The van der Waals surface area contributed by atoms with E-state index in [1.165, 1.54) is 30.3 Å². The van der Waals surface area contributed by atoms with Gasteiger partial charge in [0.2, 0.25) is 0 Å². The fourth-order valence-corrected chi connectivity index (χ4v) is 5.20. The first-order valence-corrected chi connectivity index (χ1v) is 13.0. The van der Waals surface area contributed by atoms with Crippen molar-refractivity contribution in [2.24, 2.45) is 0 Å². The van der Waals surface area contributed by atoms with Crippen LogP contribution >= 0.6 is 0 Å². The van der Waals surface area contributed by atoms with Crippen LogP contribution in [0.1, 0.15) is 31.8 Å². The monoisotopic (exact) mass is 547 g/mol. The van der Waals surface area contributed by atoms with Crippen LogP contribution in [0.3, 0.4) is 0 Å². The number of carboxylic acid groups (broad SMARTS) is 2. The summed E-state index contributed by atoms with van der Waals surface area (Å²) in [5, 5.41) is 25.0. The molecule has 4 N–H and O–H groups in total. The summed E-state index contributed by atoms with van der Waals surface area (Å²) in [5.41, 5.74) is -0.254. The Balaban J connectivity index is 1.68. The summed E-state index contributed by atoms with van der Waals surface area (Å²) >= 11 is -0.851. The third kappa shape index (κ3) is 6.57. The molecule has 0 aliphatic carbocycles. The summed E-state index contributed by atoms with van der Waals surface area (Å²) in [6.45, 7) is 1.68. The van der Waals surface area contributed by atoms with Gasteiger partial charge in [-0.25, -0.2) is 9.59 Å². The zero-order chi connectivity index (χ0) is 27.4. The topological polar surface area (TPSA) is 125 Å². The number of nitrogens with zero attached hydrogens (tertiary/aromatic N) is 1. The van der Waals surface area contributed by atoms with Gasteiger partial charge in [0.15, 0.2) is 0 Å². The maximum atomic E-state index is 13.5. The van der Waals surface area contributed by atoms with Crippen LogP contribution in [0.2, 0.25) is 0 Å². The summed E-state index contributed by atoms with van der Waals surface area (Å²) in [7, 11) is 0. The van der Waals surface area contributed by atoms with Gasteiger partial charge in [-0.1, -0.05) is 29.4 Å². The lowest BCUT2D eigenvalue weighted by Crippen LogP contribution is -2.39. The summed E-state index contributed by atoms with van der Waals surface area (Å²) in [5.74, 6) is -1.41. The van der Waals surface area contributed by atoms with Gasteiger partial charge >= 0.3 is 18.1 Å². The standard InChI is InChI=1S/C26H24F3N3O5S/c27-26(28,29)17-6-8-22(30-20-4-2-1-3-18(20)24(33)34)23(14-17)31-21-7-5-16(13-19(21)25(35)36)15-32-9-11-38(37)12-10-32/h1-8,13-14,30-31H,9-12,15H2,(H,33,34)(H,35,36). The number of carboxylic acids is 2. The number of carbonyl (C=O) groups is 2. The van der Waals surface area contributed by atoms with E-state index >= 15 is 0 Å². The summed E-state index contributed by atoms with van der Waals surface area (Å²) in [4.78, 5) is 25.7. The van der Waals surface area contributed by atoms with E-state index in [2.05, 4.69) is 15.5 Å². The van der Waals surface area contributed by atoms with Gasteiger partial charge in [-0.3, -0.25) is 4.90 Å². The molecule has 0 aromatic heterocycles. The smallest absolute Gasteiger partial charge is 0.416 e. The van der Waals surface area contributed by atoms with E-state index in [1.54, 1.807) is 12.1 Å². The minimum Gasteiger partial charge on any atom is -0.616 e. The molecule has 1 saturated heterocycles. The second-order valence-electron chi connectivity index (χ2n) is 8.67. The highest BCUT2D eigenvalue weighted by atomic mass is 32.2. The average Bonchev–Trinajstić information content (AvgIpc) is 2.86. The van der Waals surface area contributed by atoms with Crippen molar-refractivity contribution < 1.29 is 37.5 Å². The van der Waals surface area contributed by atoms with Crippen molar-refractivity contribution in [1.82, 2.24) is 4.90 Å². The van der Waals surface area contributed by atoms with Crippen LogP contribution in [-0.2, 0) is 23.9 Å². The van der Waals surface area contributed by atoms with Gasteiger partial charge in [-0.2, -0.15) is 13.2 Å². The van der Waals surface area contributed by atoms with Gasteiger partial charge in [0, 0.05) is 19.6 Å². The number of hydrogen-bond acceptors (Lipinski definition) is 6. The van der Waals surface area contributed by atoms with Crippen molar-refractivity contribution in [3.05, 3.63) is 82.9 Å². The van der Waals surface area contributed by atoms with E-state index in [0.29, 0.717) is 36.7 Å². The zero-order valence-electron chi connectivity index (χ0n) is 19.9. The number of benzene rings is 3. The molecule has 4 rings (SSSR count). The molecule has 1 fully saturated rings. The maximum Gasteiger partial charge on any atom is 0.416 e. The maximum absolute atomic E-state index is 13.5. The van der Waals surface area contributed by atoms with Gasteiger partial charge < -0.3 is 25.4 Å². The molecule has 0 amide bonds. The number of nitrogens with one attached hydrogen (secondary N) is 2. The molecule has 0 saturated carbocycles. The largest absolute Gasteiger partial charge is 0.616 e. The number of alkyl halides is 3. The second-order valence-corrected chi connectivity index (χ2v) is 10.4. The molecule has 0 spiro atoms. The molecule has 8 nitrogen and oxygen atoms in total. The number of hydrogen-bond donors (Lipinski definition) is 4. The van der Waals surface area contributed by atoms with E-state index in [9.17, 15) is 37.5 Å². The van der Waals surface area contributed by atoms with E-state index < -0.39 is 34.9 Å². The molecule has 0 radical (unpaired) electrons. The Labute approximate surface area is 219 Å². The highest BCUT2D eigenvalue weighted by Gasteiger charge is 2.31. The minimum atomic E-state index is -4.66. The Hall–Kier alpha value is -3.74. The summed E-state index contributed by atoms with van der Waals surface area (Å²) < 4.78 is 52.1. The average molecular weight is 548 g/mol. The van der Waals surface area contributed by atoms with Crippen LogP contribution in [0.15, 0.2) is 60.7 Å². The fraction of sp³-hybridized carbons (Fsp3) is 0.231. The molecular weight excluding hydrogens is 523 g/mol. The molecule has 12 heteroatoms. The quantitative estimate of drug-likeness (QED) is 0.285. The predicted molar refractivity (Wildman–Crippen MR) is 138 cm³/mol. The molecule has 0 bridgehead atoms. The van der Waals surface area contributed by atoms with Crippen molar-refractivity contribution in [2.45, 2.75) is 12.7 Å². The first kappa shape index (κ1) is 27.3. The van der Waals surface area contributed by atoms with E-state index in [-0.39, 0.29) is 33.9 Å². The van der Waals surface area contributed by atoms with E-state index in [0.717, 1.165) is 18.2 Å². The number of rotatable bonds is 8. The van der Waals surface area contributed by atoms with E-state index in [4.69, 9.17) is 0 Å². The van der Waals surface area contributed by atoms with Crippen molar-refractivity contribution >= 4 is 45.9 Å². The van der Waals surface area contributed by atoms with Gasteiger partial charge in [-0.15, -0.1) is 0 Å². The fourth-order valence-electron chi connectivity index (χ4n) is 4.07. The number of para-hydroxylation sites is 1. The van der Waals surface area contributed by atoms with Crippen LogP contribution in [0, 0.1) is 0 Å². The van der Waals surface area contributed by atoms with Gasteiger partial charge in [0.1, 0.15) is 11.5 Å². The normalized spacial score (nSPS) is 14.7. The van der Waals surface area contributed by atoms with E-state index in [1.807, 2.05) is 0 Å². The van der Waals surface area contributed by atoms with Gasteiger partial charge in [0.05, 0.1) is 39.4 Å². The Kier molecular flexibility index (Phi) is 8.14. The number of aromatic carboxylic acids is 2. The third-order valence-electron chi connectivity index (χ3n) is 6.03. The molecular formula is C26H24F3N3O5S. The molecule has 0 atom stereocenters. The van der Waals surface area contributed by atoms with Crippen LogP contribution in [-0.4, -0.2) is 56.2 Å². The van der Waals surface area contributed by atoms with Crippen LogP contribution in [0.5, 0.6) is 0 Å². The highest BCUT2D eigenvalue weighted by Crippen LogP contribution is 2.37. The Bertz CT molecular complexity index is 1340. The zero-order valence-corrected chi connectivity index (χ0v) is 20.7. The Morgan fingerprint density at radius 1 is 0.842 bits per heavy atom. The van der Waals surface area contributed by atoms with Crippen molar-refractivity contribution in [3.8, 4) is 0 Å². The predicted octanol–water partition coefficient (Wildman–Crippen LogP) is 5.15. The first-order valence-electron chi connectivity index (χ1n) is 11.5. The first-order chi connectivity index (χ1) is 18.0. The van der Waals surface area contributed by atoms with Gasteiger partial charge in [0.25, 0.3) is 0 Å². The van der Waals surface area contributed by atoms with Crippen LogP contribution in [0.4, 0.5) is 35.9 Å². The molecule has 200 valence electrons. The summed E-state index contributed by atoms with van der Waals surface area (Å²) in [6, 6.07) is 13.4. The molecule has 3 aromatic rings. The second kappa shape index (κ2) is 11.3. The molecule has 3 aromatic carbocycles. The van der Waals surface area contributed by atoms with Crippen molar-refractivity contribution in [3.63, 3.8) is 0 Å². The SMILES string of the molecule is O=C(O)c1ccccc1Nc1ccc(C(F)(F)F)cc1Nc1ccc(CN2CC[S+]([O-])CC2)cc1C(=O)O. The van der Waals surface area contributed by atoms with Crippen molar-refractivity contribution in [2.75, 3.05) is 35.2 Å². The van der Waals surface area contributed by atoms with Crippen LogP contribution in [0.25, 0.3) is 0 Å². The number of halogens is 3. The Morgan fingerprint density at radius 2 is 1.45 bits per heavy atom. The van der Waals surface area contributed by atoms with Crippen LogP contribution < -0.4 is 10.6 Å². The lowest BCUT2D eigenvalue weighted by atomic mass is 10.1. The highest BCUT2D eigenvalue weighted by molar-refractivity contribution is 7.91. The lowest BCUT2D eigenvalue weighted by molar-refractivity contribution is -0.137. The molecule has 1 aliphatic heterocycles. The number of anilines is 4. The molecule has 1 heterocycles. The lowest BCUT2D eigenvalue weighted by Gasteiger charge is -2.28. The third-order valence-corrected chi connectivity index (χ3v) is 7.31. The Morgan fingerprint density at radius 3 is 2.11 bits per heavy atom. The summed E-state index contributed by atoms with van der Waals surface area (Å²) in [6.07, 6.45) is -4.66.